The van der Waals surface area contributed by atoms with Crippen molar-refractivity contribution in [3.05, 3.63) is 70.5 Å². The number of rotatable bonds is 6. The number of amides is 3. The fourth-order valence-corrected chi connectivity index (χ4v) is 5.58. The number of hydrogen-bond donors (Lipinski definition) is 2. The third kappa shape index (κ3) is 5.46. The van der Waals surface area contributed by atoms with Crippen LogP contribution >= 0.6 is 15.9 Å². The third-order valence-corrected chi connectivity index (χ3v) is 7.83. The Balaban J connectivity index is 1.43. The molecule has 0 saturated carbocycles. The molecule has 5 rings (SSSR count). The maximum atomic E-state index is 13.7. The molecular formula is C29H30BrN7O3. The van der Waals surface area contributed by atoms with Gasteiger partial charge < -0.3 is 20.5 Å². The van der Waals surface area contributed by atoms with E-state index in [1.807, 2.05) is 51.1 Å². The molecule has 4 aromatic rings. The van der Waals surface area contributed by atoms with Crippen LogP contribution in [0.1, 0.15) is 41.5 Å². The van der Waals surface area contributed by atoms with Crippen LogP contribution in [-0.4, -0.2) is 54.7 Å². The maximum absolute atomic E-state index is 13.7. The number of anilines is 1. The van der Waals surface area contributed by atoms with Crippen molar-refractivity contribution in [3.63, 3.8) is 0 Å². The number of nitrogens with one attached hydrogen (secondary N) is 1. The number of halogens is 1. The quantitative estimate of drug-likeness (QED) is 0.316. The summed E-state index contributed by atoms with van der Waals surface area (Å²) < 4.78 is 2.34. The molecule has 0 aliphatic carbocycles. The first-order chi connectivity index (χ1) is 19.1. The van der Waals surface area contributed by atoms with E-state index in [2.05, 4.69) is 36.2 Å². The molecule has 0 bridgehead atoms. The number of nitrogens with zero attached hydrogens (tertiary/aromatic N) is 5. The molecule has 1 saturated heterocycles. The van der Waals surface area contributed by atoms with Crippen LogP contribution in [0.5, 0.6) is 0 Å². The third-order valence-electron chi connectivity index (χ3n) is 7.39. The van der Waals surface area contributed by atoms with E-state index in [9.17, 15) is 14.4 Å². The summed E-state index contributed by atoms with van der Waals surface area (Å²) in [5, 5.41) is 3.56. The van der Waals surface area contributed by atoms with E-state index in [4.69, 9.17) is 5.73 Å². The van der Waals surface area contributed by atoms with Crippen LogP contribution in [0.4, 0.5) is 5.82 Å². The lowest BCUT2D eigenvalue weighted by atomic mass is 9.90. The van der Waals surface area contributed by atoms with Gasteiger partial charge >= 0.3 is 0 Å². The number of fused-ring (bicyclic) bond motifs is 1. The molecule has 2 atom stereocenters. The van der Waals surface area contributed by atoms with Crippen LogP contribution in [0.15, 0.2) is 53.5 Å². The van der Waals surface area contributed by atoms with Gasteiger partial charge in [-0.25, -0.2) is 15.0 Å². The topological polar surface area (TPSA) is 136 Å². The van der Waals surface area contributed by atoms with E-state index in [0.29, 0.717) is 39.3 Å². The average molecular weight is 605 g/mol. The number of likely N-dealkylation sites (tertiary alicyclic amines) is 1. The van der Waals surface area contributed by atoms with E-state index in [1.54, 1.807) is 28.1 Å². The highest BCUT2D eigenvalue weighted by molar-refractivity contribution is 9.10. The Morgan fingerprint density at radius 1 is 1.10 bits per heavy atom. The summed E-state index contributed by atoms with van der Waals surface area (Å²) in [7, 11) is 0. The molecule has 0 radical (unpaired) electrons. The zero-order valence-corrected chi connectivity index (χ0v) is 24.1. The van der Waals surface area contributed by atoms with Crippen molar-refractivity contribution in [1.82, 2.24) is 24.4 Å². The minimum Gasteiger partial charge on any atom is -0.366 e. The summed E-state index contributed by atoms with van der Waals surface area (Å²) in [4.78, 5) is 54.1. The number of carbonyl (C=O) groups excluding carboxylic acids is 3. The lowest BCUT2D eigenvalue weighted by molar-refractivity contribution is -0.142. The van der Waals surface area contributed by atoms with Gasteiger partial charge in [-0.1, -0.05) is 19.1 Å². The second kappa shape index (κ2) is 11.2. The molecule has 1 fully saturated rings. The van der Waals surface area contributed by atoms with Gasteiger partial charge in [0.15, 0.2) is 0 Å². The highest BCUT2D eigenvalue weighted by atomic mass is 79.9. The SMILES string of the molecule is Cc1ncc(-c2ccc3c(c2)c(C(N)=O)cn3CC(=O)N2CCCC(C)[C@H]2C(=O)Nc2nc(Br)ccc2C)cn1. The Morgan fingerprint density at radius 2 is 1.85 bits per heavy atom. The number of pyridine rings is 1. The summed E-state index contributed by atoms with van der Waals surface area (Å²) in [5.41, 5.74) is 9.19. The number of piperidine rings is 1. The summed E-state index contributed by atoms with van der Waals surface area (Å²) in [6.07, 6.45) is 6.68. The predicted octanol–water partition coefficient (Wildman–Crippen LogP) is 4.24. The molecule has 4 heterocycles. The predicted molar refractivity (Wildman–Crippen MR) is 155 cm³/mol. The maximum Gasteiger partial charge on any atom is 0.250 e. The number of carbonyl (C=O) groups is 3. The molecule has 3 aromatic heterocycles. The fraction of sp³-hybridized carbons (Fsp3) is 0.310. The first-order valence-electron chi connectivity index (χ1n) is 13.1. The van der Waals surface area contributed by atoms with Crippen LogP contribution < -0.4 is 11.1 Å². The molecule has 0 spiro atoms. The van der Waals surface area contributed by atoms with Crippen LogP contribution in [0.25, 0.3) is 22.0 Å². The van der Waals surface area contributed by atoms with Gasteiger partial charge in [0.2, 0.25) is 11.8 Å². The molecule has 1 aliphatic heterocycles. The molecule has 3 amide bonds. The largest absolute Gasteiger partial charge is 0.366 e. The summed E-state index contributed by atoms with van der Waals surface area (Å²) in [5.74, 6) is 0.0152. The van der Waals surface area contributed by atoms with Crippen molar-refractivity contribution >= 4 is 50.4 Å². The molecule has 11 heteroatoms. The summed E-state index contributed by atoms with van der Waals surface area (Å²) in [6, 6.07) is 8.64. The van der Waals surface area contributed by atoms with Gasteiger partial charge in [-0.2, -0.15) is 0 Å². The highest BCUT2D eigenvalue weighted by Crippen LogP contribution is 2.29. The number of aryl methyl sites for hydroxylation is 2. The van der Waals surface area contributed by atoms with Crippen molar-refractivity contribution < 1.29 is 14.4 Å². The second-order valence-corrected chi connectivity index (χ2v) is 11.0. The van der Waals surface area contributed by atoms with Gasteiger partial charge in [0.1, 0.15) is 28.8 Å². The van der Waals surface area contributed by atoms with E-state index < -0.39 is 11.9 Å². The molecule has 206 valence electrons. The van der Waals surface area contributed by atoms with E-state index in [-0.39, 0.29) is 24.3 Å². The highest BCUT2D eigenvalue weighted by Gasteiger charge is 2.37. The Morgan fingerprint density at radius 3 is 2.58 bits per heavy atom. The van der Waals surface area contributed by atoms with Gasteiger partial charge in [0, 0.05) is 41.6 Å². The average Bonchev–Trinajstić information content (AvgIpc) is 3.28. The minimum absolute atomic E-state index is 0.0352. The van der Waals surface area contributed by atoms with E-state index >= 15 is 0 Å². The van der Waals surface area contributed by atoms with Crippen molar-refractivity contribution in [3.8, 4) is 11.1 Å². The van der Waals surface area contributed by atoms with Gasteiger partial charge in [-0.15, -0.1) is 0 Å². The van der Waals surface area contributed by atoms with Crippen molar-refractivity contribution in [2.45, 2.75) is 46.2 Å². The fourth-order valence-electron chi connectivity index (χ4n) is 5.27. The molecule has 1 unspecified atom stereocenters. The number of nitrogens with two attached hydrogens (primary N) is 1. The first kappa shape index (κ1) is 27.4. The summed E-state index contributed by atoms with van der Waals surface area (Å²) in [6.45, 7) is 6.09. The smallest absolute Gasteiger partial charge is 0.250 e. The van der Waals surface area contributed by atoms with Gasteiger partial charge in [0.25, 0.3) is 5.91 Å². The van der Waals surface area contributed by atoms with Crippen molar-refractivity contribution in [2.75, 3.05) is 11.9 Å². The van der Waals surface area contributed by atoms with Gasteiger partial charge in [-0.05, 0) is 77.9 Å². The first-order valence-corrected chi connectivity index (χ1v) is 13.9. The Bertz CT molecular complexity index is 1620. The number of hydrogen-bond acceptors (Lipinski definition) is 6. The van der Waals surface area contributed by atoms with Gasteiger partial charge in [0.05, 0.1) is 5.56 Å². The molecule has 1 aromatic carbocycles. The molecule has 40 heavy (non-hydrogen) atoms. The standard InChI is InChI=1S/C29H30BrN7O3/c1-16-5-4-10-37(26(16)29(40)35-28-17(2)6-9-24(30)34-28)25(38)15-36-14-22(27(31)39)21-11-19(7-8-23(21)36)20-12-32-18(3)33-13-20/h6-9,11-14,16,26H,4-5,10,15H2,1-3H3,(H2,31,39)(H,34,35,40)/t16?,26-/m0/s1. The number of benzene rings is 1. The number of aromatic nitrogens is 4. The van der Waals surface area contributed by atoms with E-state index in [1.165, 1.54) is 0 Å². The minimum atomic E-state index is -0.646. The Hall–Kier alpha value is -4.12. The summed E-state index contributed by atoms with van der Waals surface area (Å²) >= 11 is 3.35. The Labute approximate surface area is 240 Å². The molecule has 10 nitrogen and oxygen atoms in total. The van der Waals surface area contributed by atoms with Crippen LogP contribution in [0.3, 0.4) is 0 Å². The lowest BCUT2D eigenvalue weighted by Gasteiger charge is -2.39. The molecule has 3 N–H and O–H groups in total. The van der Waals surface area contributed by atoms with Crippen LogP contribution in [0.2, 0.25) is 0 Å². The number of primary amides is 1. The van der Waals surface area contributed by atoms with Crippen LogP contribution in [0, 0.1) is 19.8 Å². The van der Waals surface area contributed by atoms with Crippen molar-refractivity contribution in [2.24, 2.45) is 11.7 Å². The monoisotopic (exact) mass is 603 g/mol. The zero-order chi connectivity index (χ0) is 28.6. The van der Waals surface area contributed by atoms with Crippen LogP contribution in [-0.2, 0) is 16.1 Å². The normalized spacial score (nSPS) is 17.1. The molecular weight excluding hydrogens is 574 g/mol. The van der Waals surface area contributed by atoms with Gasteiger partial charge in [-0.3, -0.25) is 14.4 Å². The lowest BCUT2D eigenvalue weighted by Crippen LogP contribution is -2.54. The van der Waals surface area contributed by atoms with E-state index in [0.717, 1.165) is 29.5 Å². The second-order valence-electron chi connectivity index (χ2n) is 10.2. The Kier molecular flexibility index (Phi) is 7.66. The zero-order valence-electron chi connectivity index (χ0n) is 22.5. The molecule has 1 aliphatic rings. The van der Waals surface area contributed by atoms with Crippen molar-refractivity contribution in [1.29, 1.82) is 0 Å².